The Labute approximate surface area is 113 Å². The van der Waals surface area contributed by atoms with Gasteiger partial charge in [0.05, 0.1) is 0 Å². The second kappa shape index (κ2) is 7.38. The summed E-state index contributed by atoms with van der Waals surface area (Å²) < 4.78 is 0. The smallest absolute Gasteiger partial charge is 0.139 e. The second-order valence-corrected chi connectivity index (χ2v) is 6.03. The zero-order valence-electron chi connectivity index (χ0n) is 11.1. The van der Waals surface area contributed by atoms with Crippen LogP contribution >= 0.6 is 11.3 Å². The molecule has 0 amide bonds. The van der Waals surface area contributed by atoms with Gasteiger partial charge >= 0.3 is 0 Å². The van der Waals surface area contributed by atoms with Crippen molar-refractivity contribution in [1.29, 1.82) is 0 Å². The van der Waals surface area contributed by atoms with E-state index in [0.29, 0.717) is 12.3 Å². The summed E-state index contributed by atoms with van der Waals surface area (Å²) in [6.07, 6.45) is 2.64. The van der Waals surface area contributed by atoms with Crippen LogP contribution in [0.4, 0.5) is 0 Å². The number of amidine groups is 1. The van der Waals surface area contributed by atoms with E-state index in [4.69, 9.17) is 10.9 Å². The fourth-order valence-corrected chi connectivity index (χ4v) is 2.61. The number of rotatable bonds is 8. The van der Waals surface area contributed by atoms with Crippen molar-refractivity contribution in [2.45, 2.75) is 38.5 Å². The summed E-state index contributed by atoms with van der Waals surface area (Å²) in [4.78, 5) is 1.41. The molecule has 1 aromatic rings. The van der Waals surface area contributed by atoms with Crippen molar-refractivity contribution in [3.05, 3.63) is 22.4 Å². The van der Waals surface area contributed by atoms with Crippen LogP contribution in [0.5, 0.6) is 0 Å². The molecule has 0 unspecified atom stereocenters. The van der Waals surface area contributed by atoms with E-state index >= 15 is 0 Å². The Morgan fingerprint density at radius 3 is 2.89 bits per heavy atom. The molecule has 0 aliphatic rings. The quantitative estimate of drug-likeness (QED) is 0.223. The average Bonchev–Trinajstić information content (AvgIpc) is 2.87. The zero-order valence-corrected chi connectivity index (χ0v) is 12.0. The minimum absolute atomic E-state index is 0.180. The highest BCUT2D eigenvalue weighted by Crippen LogP contribution is 2.26. The maximum Gasteiger partial charge on any atom is 0.139 e. The molecule has 0 radical (unpaired) electrons. The van der Waals surface area contributed by atoms with Crippen molar-refractivity contribution >= 4 is 17.2 Å². The molecule has 18 heavy (non-hydrogen) atoms. The summed E-state index contributed by atoms with van der Waals surface area (Å²) in [5.74, 6) is 0.314. The first kappa shape index (κ1) is 15.0. The van der Waals surface area contributed by atoms with Crippen LogP contribution in [0.2, 0.25) is 0 Å². The van der Waals surface area contributed by atoms with Crippen LogP contribution in [0.25, 0.3) is 0 Å². The highest BCUT2D eigenvalue weighted by Gasteiger charge is 2.20. The predicted molar refractivity (Wildman–Crippen MR) is 77.5 cm³/mol. The molecule has 5 heteroatoms. The Bertz CT molecular complexity index is 360. The molecule has 0 atom stereocenters. The number of hydrogen-bond donors (Lipinski definition) is 3. The van der Waals surface area contributed by atoms with Gasteiger partial charge in [-0.1, -0.05) is 25.1 Å². The first-order chi connectivity index (χ1) is 8.56. The van der Waals surface area contributed by atoms with Crippen LogP contribution in [0.1, 0.15) is 38.0 Å². The van der Waals surface area contributed by atoms with Gasteiger partial charge in [-0.2, -0.15) is 0 Å². The van der Waals surface area contributed by atoms with Crippen molar-refractivity contribution in [2.24, 2.45) is 10.9 Å². The van der Waals surface area contributed by atoms with Crippen LogP contribution in [0.3, 0.4) is 0 Å². The number of unbranched alkanes of at least 4 members (excludes halogenated alkanes) is 1. The lowest BCUT2D eigenvalue weighted by Crippen LogP contribution is -2.32. The molecule has 4 nitrogen and oxygen atoms in total. The molecule has 0 aliphatic heterocycles. The summed E-state index contributed by atoms with van der Waals surface area (Å²) in [6.45, 7) is 6.44. The van der Waals surface area contributed by atoms with Crippen LogP contribution in [-0.2, 0) is 5.41 Å². The van der Waals surface area contributed by atoms with Crippen molar-refractivity contribution < 1.29 is 5.21 Å². The zero-order chi connectivity index (χ0) is 13.4. The van der Waals surface area contributed by atoms with Gasteiger partial charge in [-0.15, -0.1) is 11.3 Å². The Morgan fingerprint density at radius 1 is 1.50 bits per heavy atom. The van der Waals surface area contributed by atoms with E-state index in [1.165, 1.54) is 4.88 Å². The fraction of sp³-hybridized carbons (Fsp3) is 0.615. The van der Waals surface area contributed by atoms with E-state index in [1.54, 1.807) is 11.3 Å². The summed E-state index contributed by atoms with van der Waals surface area (Å²) in [5.41, 5.74) is 5.58. The average molecular weight is 269 g/mol. The Balaban J connectivity index is 2.14. The third-order valence-electron chi connectivity index (χ3n) is 2.92. The van der Waals surface area contributed by atoms with Crippen molar-refractivity contribution in [2.75, 3.05) is 13.1 Å². The maximum atomic E-state index is 8.40. The van der Waals surface area contributed by atoms with E-state index in [1.807, 2.05) is 0 Å². The van der Waals surface area contributed by atoms with E-state index in [9.17, 15) is 0 Å². The third kappa shape index (κ3) is 5.06. The van der Waals surface area contributed by atoms with Crippen LogP contribution in [0.15, 0.2) is 22.7 Å². The predicted octanol–water partition coefficient (Wildman–Crippen LogP) is 2.53. The standard InChI is InChI=1S/C13H23N3OS/c1-13(2,11-6-5-9-18-11)10-15-8-4-3-7-12(14)16-17/h5-6,9,15,17H,3-4,7-8,10H2,1-2H3,(H2,14,16). The largest absolute Gasteiger partial charge is 0.409 e. The van der Waals surface area contributed by atoms with Crippen LogP contribution < -0.4 is 11.1 Å². The molecule has 0 aromatic carbocycles. The Hall–Kier alpha value is -1.07. The number of thiophene rings is 1. The molecular weight excluding hydrogens is 246 g/mol. The maximum absolute atomic E-state index is 8.40. The van der Waals surface area contributed by atoms with Crippen molar-refractivity contribution in [3.8, 4) is 0 Å². The van der Waals surface area contributed by atoms with Gasteiger partial charge < -0.3 is 16.3 Å². The molecule has 1 aromatic heterocycles. The number of nitrogens with zero attached hydrogens (tertiary/aromatic N) is 1. The number of oxime groups is 1. The molecule has 0 aliphatic carbocycles. The summed E-state index contributed by atoms with van der Waals surface area (Å²) in [5, 5.41) is 16.9. The summed E-state index contributed by atoms with van der Waals surface area (Å²) in [6, 6.07) is 4.28. The first-order valence-corrected chi connectivity index (χ1v) is 7.15. The summed E-state index contributed by atoms with van der Waals surface area (Å²) >= 11 is 1.81. The highest BCUT2D eigenvalue weighted by molar-refractivity contribution is 7.10. The van der Waals surface area contributed by atoms with Crippen LogP contribution in [-0.4, -0.2) is 24.1 Å². The highest BCUT2D eigenvalue weighted by atomic mass is 32.1. The normalized spacial score (nSPS) is 12.9. The topological polar surface area (TPSA) is 70.6 Å². The van der Waals surface area contributed by atoms with E-state index in [0.717, 1.165) is 25.9 Å². The lowest BCUT2D eigenvalue weighted by molar-refractivity contribution is 0.316. The van der Waals surface area contributed by atoms with E-state index in [-0.39, 0.29) is 5.41 Å². The summed E-state index contributed by atoms with van der Waals surface area (Å²) in [7, 11) is 0. The lowest BCUT2D eigenvalue weighted by Gasteiger charge is -2.23. The molecule has 102 valence electrons. The fourth-order valence-electron chi connectivity index (χ4n) is 1.76. The van der Waals surface area contributed by atoms with Gasteiger partial charge in [-0.05, 0) is 30.8 Å². The van der Waals surface area contributed by atoms with Gasteiger partial charge in [0.2, 0.25) is 0 Å². The van der Waals surface area contributed by atoms with E-state index < -0.39 is 0 Å². The number of nitrogens with two attached hydrogens (primary N) is 1. The van der Waals surface area contributed by atoms with Gasteiger partial charge in [0.25, 0.3) is 0 Å². The third-order valence-corrected chi connectivity index (χ3v) is 4.16. The van der Waals surface area contributed by atoms with Crippen molar-refractivity contribution in [1.82, 2.24) is 5.32 Å². The molecule has 1 rings (SSSR count). The lowest BCUT2D eigenvalue weighted by atomic mass is 9.91. The Kier molecular flexibility index (Phi) is 6.15. The second-order valence-electron chi connectivity index (χ2n) is 5.09. The molecule has 0 saturated heterocycles. The number of nitrogens with one attached hydrogen (secondary N) is 1. The number of hydrogen-bond acceptors (Lipinski definition) is 4. The minimum Gasteiger partial charge on any atom is -0.409 e. The van der Waals surface area contributed by atoms with E-state index in [2.05, 4.69) is 41.8 Å². The van der Waals surface area contributed by atoms with Gasteiger partial charge in [-0.25, -0.2) is 0 Å². The monoisotopic (exact) mass is 269 g/mol. The molecule has 0 bridgehead atoms. The van der Waals surface area contributed by atoms with Gasteiger partial charge in [0.15, 0.2) is 0 Å². The molecule has 1 heterocycles. The molecule has 0 saturated carbocycles. The van der Waals surface area contributed by atoms with Crippen LogP contribution in [0, 0.1) is 0 Å². The van der Waals surface area contributed by atoms with Gasteiger partial charge in [0, 0.05) is 23.3 Å². The molecule has 0 fully saturated rings. The molecule has 4 N–H and O–H groups in total. The first-order valence-electron chi connectivity index (χ1n) is 6.27. The van der Waals surface area contributed by atoms with Gasteiger partial charge in [-0.3, -0.25) is 0 Å². The molecular formula is C13H23N3OS. The van der Waals surface area contributed by atoms with Gasteiger partial charge in [0.1, 0.15) is 5.84 Å². The Morgan fingerprint density at radius 2 is 2.28 bits per heavy atom. The SMILES string of the molecule is CC(C)(CNCCCC/C(N)=N/O)c1cccs1. The minimum atomic E-state index is 0.180. The molecule has 0 spiro atoms. The van der Waals surface area contributed by atoms with Crippen molar-refractivity contribution in [3.63, 3.8) is 0 Å².